The second kappa shape index (κ2) is 5.33. The summed E-state index contributed by atoms with van der Waals surface area (Å²) in [4.78, 5) is 10.2. The second-order valence-electron chi connectivity index (χ2n) is 2.42. The van der Waals surface area contributed by atoms with Crippen molar-refractivity contribution in [2.24, 2.45) is 0 Å². The van der Waals surface area contributed by atoms with E-state index in [1.54, 1.807) is 13.8 Å². The van der Waals surface area contributed by atoms with Gasteiger partial charge in [0.15, 0.2) is 0 Å². The highest BCUT2D eigenvalue weighted by atomic mass is 31.2. The van der Waals surface area contributed by atoms with Crippen LogP contribution in [0.25, 0.3) is 0 Å². The van der Waals surface area contributed by atoms with Gasteiger partial charge in [-0.2, -0.15) is 0 Å². The Bertz CT molecular complexity index is 190. The van der Waals surface area contributed by atoms with Gasteiger partial charge in [0, 0.05) is 12.3 Å². The average Bonchev–Trinajstić information content (AvgIpc) is 2.02. The van der Waals surface area contributed by atoms with Crippen LogP contribution < -0.4 is 0 Å². The molecular weight excluding hydrogens is 179 g/mol. The topological polar surface area (TPSA) is 63.6 Å². The Kier molecular flexibility index (Phi) is 5.18. The van der Waals surface area contributed by atoms with Crippen molar-refractivity contribution in [3.05, 3.63) is 0 Å². The molecule has 0 aromatic rings. The summed E-state index contributed by atoms with van der Waals surface area (Å²) in [5.74, 6) is -0.927. The molecular formula is C7H15O4P. The van der Waals surface area contributed by atoms with Gasteiger partial charge in [-0.1, -0.05) is 6.92 Å². The fourth-order valence-corrected chi connectivity index (χ4v) is 2.45. The van der Waals surface area contributed by atoms with Gasteiger partial charge in [0.05, 0.1) is 13.0 Å². The molecule has 0 radical (unpaired) electrons. The van der Waals surface area contributed by atoms with Gasteiger partial charge < -0.3 is 9.63 Å². The quantitative estimate of drug-likeness (QED) is 0.655. The molecule has 4 nitrogen and oxygen atoms in total. The minimum Gasteiger partial charge on any atom is -0.481 e. The summed E-state index contributed by atoms with van der Waals surface area (Å²) in [5, 5.41) is 8.36. The molecule has 12 heavy (non-hydrogen) atoms. The number of carboxylic acids is 1. The lowest BCUT2D eigenvalue weighted by atomic mass is 10.5. The molecule has 0 aliphatic carbocycles. The van der Waals surface area contributed by atoms with Crippen LogP contribution in [0.3, 0.4) is 0 Å². The molecule has 1 N–H and O–H groups in total. The number of hydrogen-bond acceptors (Lipinski definition) is 3. The van der Waals surface area contributed by atoms with Crippen molar-refractivity contribution in [3.63, 3.8) is 0 Å². The largest absolute Gasteiger partial charge is 0.481 e. The normalized spacial score (nSPS) is 15.5. The summed E-state index contributed by atoms with van der Waals surface area (Å²) in [6.45, 7) is 3.88. The highest BCUT2D eigenvalue weighted by Gasteiger charge is 2.20. The summed E-state index contributed by atoms with van der Waals surface area (Å²) in [5.41, 5.74) is 0. The zero-order valence-electron chi connectivity index (χ0n) is 7.45. The molecule has 0 heterocycles. The standard InChI is InChI=1S/C7H15O4P/c1-3-11-12(10,4-2)6-5-7(8)9/h3-6H2,1-2H3,(H,8,9). The van der Waals surface area contributed by atoms with Crippen molar-refractivity contribution < 1.29 is 19.0 Å². The van der Waals surface area contributed by atoms with Crippen molar-refractivity contribution in [2.75, 3.05) is 18.9 Å². The first kappa shape index (κ1) is 11.7. The Hall–Kier alpha value is -0.340. The van der Waals surface area contributed by atoms with Crippen molar-refractivity contribution in [2.45, 2.75) is 20.3 Å². The van der Waals surface area contributed by atoms with Crippen LogP contribution in [0.5, 0.6) is 0 Å². The predicted molar refractivity (Wildman–Crippen MR) is 46.9 cm³/mol. The number of carboxylic acid groups (broad SMARTS) is 1. The highest BCUT2D eigenvalue weighted by Crippen LogP contribution is 2.46. The first-order valence-corrected chi connectivity index (χ1v) is 5.98. The maximum absolute atomic E-state index is 11.6. The Labute approximate surface area is 72.4 Å². The van der Waals surface area contributed by atoms with Crippen LogP contribution in [0.15, 0.2) is 0 Å². The van der Waals surface area contributed by atoms with Gasteiger partial charge in [-0.15, -0.1) is 0 Å². The fourth-order valence-electron chi connectivity index (χ4n) is 0.815. The third-order valence-corrected chi connectivity index (χ3v) is 4.11. The third-order valence-electron chi connectivity index (χ3n) is 1.51. The van der Waals surface area contributed by atoms with Gasteiger partial charge in [-0.3, -0.25) is 9.36 Å². The van der Waals surface area contributed by atoms with Crippen LogP contribution in [0.2, 0.25) is 0 Å². The zero-order chi connectivity index (χ0) is 9.61. The molecule has 0 aliphatic rings. The van der Waals surface area contributed by atoms with E-state index in [1.165, 1.54) is 0 Å². The van der Waals surface area contributed by atoms with E-state index in [2.05, 4.69) is 0 Å². The van der Waals surface area contributed by atoms with Crippen molar-refractivity contribution in [1.29, 1.82) is 0 Å². The van der Waals surface area contributed by atoms with E-state index in [0.29, 0.717) is 12.8 Å². The molecule has 5 heteroatoms. The van der Waals surface area contributed by atoms with Crippen LogP contribution in [-0.4, -0.2) is 30.0 Å². The van der Waals surface area contributed by atoms with Gasteiger partial charge >= 0.3 is 5.97 Å². The van der Waals surface area contributed by atoms with Gasteiger partial charge in [0.25, 0.3) is 0 Å². The van der Waals surface area contributed by atoms with E-state index < -0.39 is 13.3 Å². The Morgan fingerprint density at radius 3 is 2.42 bits per heavy atom. The van der Waals surface area contributed by atoms with E-state index in [1.807, 2.05) is 0 Å². The van der Waals surface area contributed by atoms with E-state index in [4.69, 9.17) is 9.63 Å². The fraction of sp³-hybridized carbons (Fsp3) is 0.857. The molecule has 0 saturated heterocycles. The molecule has 0 bridgehead atoms. The lowest BCUT2D eigenvalue weighted by Gasteiger charge is -2.14. The summed E-state index contributed by atoms with van der Waals surface area (Å²) in [6.07, 6.45) is 0.478. The minimum atomic E-state index is -2.63. The summed E-state index contributed by atoms with van der Waals surface area (Å²) in [6, 6.07) is 0. The van der Waals surface area contributed by atoms with Crippen LogP contribution in [-0.2, 0) is 13.9 Å². The molecule has 0 saturated carbocycles. The van der Waals surface area contributed by atoms with Crippen LogP contribution in [0.4, 0.5) is 0 Å². The lowest BCUT2D eigenvalue weighted by Crippen LogP contribution is -2.03. The predicted octanol–water partition coefficient (Wildman–Crippen LogP) is 1.80. The molecule has 1 atom stereocenters. The van der Waals surface area contributed by atoms with Gasteiger partial charge in [-0.05, 0) is 6.92 Å². The van der Waals surface area contributed by atoms with Crippen molar-refractivity contribution in [3.8, 4) is 0 Å². The Balaban J connectivity index is 3.96. The zero-order valence-corrected chi connectivity index (χ0v) is 8.34. The summed E-state index contributed by atoms with van der Waals surface area (Å²) in [7, 11) is -2.63. The monoisotopic (exact) mass is 194 g/mol. The second-order valence-corrected chi connectivity index (χ2v) is 5.38. The van der Waals surface area contributed by atoms with Gasteiger partial charge in [0.1, 0.15) is 0 Å². The minimum absolute atomic E-state index is 0.0783. The number of aliphatic carboxylic acids is 1. The summed E-state index contributed by atoms with van der Waals surface area (Å²) < 4.78 is 16.6. The third kappa shape index (κ3) is 4.52. The number of carbonyl (C=O) groups is 1. The molecule has 0 aliphatic heterocycles. The first-order valence-electron chi connectivity index (χ1n) is 3.98. The van der Waals surface area contributed by atoms with E-state index >= 15 is 0 Å². The van der Waals surface area contributed by atoms with Crippen LogP contribution in [0.1, 0.15) is 20.3 Å². The highest BCUT2D eigenvalue weighted by molar-refractivity contribution is 7.58. The van der Waals surface area contributed by atoms with Crippen molar-refractivity contribution in [1.82, 2.24) is 0 Å². The molecule has 0 amide bonds. The maximum Gasteiger partial charge on any atom is 0.303 e. The molecule has 1 unspecified atom stereocenters. The van der Waals surface area contributed by atoms with Gasteiger partial charge in [-0.25, -0.2) is 0 Å². The average molecular weight is 194 g/mol. The smallest absolute Gasteiger partial charge is 0.303 e. The van der Waals surface area contributed by atoms with Crippen molar-refractivity contribution >= 4 is 13.3 Å². The molecule has 0 aromatic heterocycles. The van der Waals surface area contributed by atoms with Crippen LogP contribution >= 0.6 is 7.37 Å². The van der Waals surface area contributed by atoms with Crippen LogP contribution in [0, 0.1) is 0 Å². The van der Waals surface area contributed by atoms with Gasteiger partial charge in [0.2, 0.25) is 7.37 Å². The van der Waals surface area contributed by atoms with E-state index in [9.17, 15) is 9.36 Å². The lowest BCUT2D eigenvalue weighted by molar-refractivity contribution is -0.136. The Morgan fingerprint density at radius 1 is 1.50 bits per heavy atom. The first-order chi connectivity index (χ1) is 5.54. The number of hydrogen-bond donors (Lipinski definition) is 1. The Morgan fingerprint density at radius 2 is 2.08 bits per heavy atom. The molecule has 0 spiro atoms. The molecule has 0 aromatic carbocycles. The molecule has 0 fully saturated rings. The maximum atomic E-state index is 11.6. The van der Waals surface area contributed by atoms with E-state index in [0.717, 1.165) is 0 Å². The SMILES string of the molecule is CCOP(=O)(CC)CCC(=O)O. The molecule has 0 rings (SSSR count). The number of rotatable bonds is 6. The summed E-state index contributed by atoms with van der Waals surface area (Å²) >= 11 is 0. The van der Waals surface area contributed by atoms with E-state index in [-0.39, 0.29) is 12.6 Å². The molecule has 72 valence electrons.